The standard InChI is InChI=1S/C10H18N4O/c1-8(11)9-7-14(5-6-15-9)10-12-3-4-13(10)2/h3-4,8-9H,5-7,11H2,1-2H3. The summed E-state index contributed by atoms with van der Waals surface area (Å²) in [6.07, 6.45) is 3.87. The van der Waals surface area contributed by atoms with Crippen LogP contribution in [-0.2, 0) is 11.8 Å². The van der Waals surface area contributed by atoms with Gasteiger partial charge in [0.05, 0.1) is 12.7 Å². The molecule has 1 fully saturated rings. The average molecular weight is 210 g/mol. The predicted molar refractivity (Wildman–Crippen MR) is 58.8 cm³/mol. The molecule has 0 spiro atoms. The lowest BCUT2D eigenvalue weighted by molar-refractivity contribution is 0.0269. The first-order chi connectivity index (χ1) is 7.18. The van der Waals surface area contributed by atoms with Gasteiger partial charge in [-0.2, -0.15) is 0 Å². The fourth-order valence-corrected chi connectivity index (χ4v) is 1.84. The van der Waals surface area contributed by atoms with E-state index in [1.807, 2.05) is 30.9 Å². The second-order valence-electron chi connectivity index (χ2n) is 4.05. The van der Waals surface area contributed by atoms with E-state index in [9.17, 15) is 0 Å². The van der Waals surface area contributed by atoms with E-state index in [-0.39, 0.29) is 12.1 Å². The van der Waals surface area contributed by atoms with Crippen LogP contribution in [0.25, 0.3) is 0 Å². The van der Waals surface area contributed by atoms with Crippen LogP contribution in [0.15, 0.2) is 12.4 Å². The Bertz CT molecular complexity index is 323. The zero-order valence-corrected chi connectivity index (χ0v) is 9.26. The van der Waals surface area contributed by atoms with Crippen molar-refractivity contribution >= 4 is 5.95 Å². The molecule has 0 aliphatic carbocycles. The minimum atomic E-state index is 0.0630. The zero-order chi connectivity index (χ0) is 10.8. The quantitative estimate of drug-likeness (QED) is 0.745. The van der Waals surface area contributed by atoms with Gasteiger partial charge in [0, 0.05) is 38.6 Å². The lowest BCUT2D eigenvalue weighted by atomic mass is 10.1. The van der Waals surface area contributed by atoms with Crippen LogP contribution in [0.1, 0.15) is 6.92 Å². The molecule has 0 amide bonds. The maximum atomic E-state index is 5.84. The summed E-state index contributed by atoms with van der Waals surface area (Å²) in [4.78, 5) is 6.55. The largest absolute Gasteiger partial charge is 0.373 e. The number of nitrogens with two attached hydrogens (primary N) is 1. The summed E-state index contributed by atoms with van der Waals surface area (Å²) in [6, 6.07) is 0.0630. The van der Waals surface area contributed by atoms with Crippen molar-refractivity contribution in [2.75, 3.05) is 24.6 Å². The van der Waals surface area contributed by atoms with E-state index in [2.05, 4.69) is 9.88 Å². The van der Waals surface area contributed by atoms with Crippen molar-refractivity contribution in [1.82, 2.24) is 9.55 Å². The van der Waals surface area contributed by atoms with Gasteiger partial charge in [-0.3, -0.25) is 0 Å². The highest BCUT2D eigenvalue weighted by molar-refractivity contribution is 5.31. The van der Waals surface area contributed by atoms with E-state index in [1.54, 1.807) is 0 Å². The van der Waals surface area contributed by atoms with Crippen molar-refractivity contribution in [2.45, 2.75) is 19.1 Å². The number of ether oxygens (including phenoxy) is 1. The number of aryl methyl sites for hydroxylation is 1. The Morgan fingerprint density at radius 2 is 2.47 bits per heavy atom. The van der Waals surface area contributed by atoms with Crippen molar-refractivity contribution in [3.8, 4) is 0 Å². The molecule has 0 aromatic carbocycles. The summed E-state index contributed by atoms with van der Waals surface area (Å²) in [5, 5.41) is 0. The van der Waals surface area contributed by atoms with Crippen molar-refractivity contribution < 1.29 is 4.74 Å². The topological polar surface area (TPSA) is 56.3 Å². The Labute approximate surface area is 89.8 Å². The fourth-order valence-electron chi connectivity index (χ4n) is 1.84. The number of imidazole rings is 1. The number of aromatic nitrogens is 2. The van der Waals surface area contributed by atoms with Crippen molar-refractivity contribution in [2.24, 2.45) is 12.8 Å². The Balaban J connectivity index is 2.08. The van der Waals surface area contributed by atoms with E-state index in [4.69, 9.17) is 10.5 Å². The monoisotopic (exact) mass is 210 g/mol. The van der Waals surface area contributed by atoms with Gasteiger partial charge in [-0.15, -0.1) is 0 Å². The lowest BCUT2D eigenvalue weighted by Crippen LogP contribution is -2.50. The van der Waals surface area contributed by atoms with E-state index in [0.717, 1.165) is 25.6 Å². The molecular weight excluding hydrogens is 192 g/mol. The van der Waals surface area contributed by atoms with Gasteiger partial charge in [0.25, 0.3) is 0 Å². The number of anilines is 1. The first kappa shape index (κ1) is 10.4. The van der Waals surface area contributed by atoms with Crippen LogP contribution in [0, 0.1) is 0 Å². The molecule has 2 unspecified atom stereocenters. The number of hydrogen-bond acceptors (Lipinski definition) is 4. The van der Waals surface area contributed by atoms with Crippen molar-refractivity contribution in [3.63, 3.8) is 0 Å². The van der Waals surface area contributed by atoms with Gasteiger partial charge in [-0.1, -0.05) is 0 Å². The molecule has 5 nitrogen and oxygen atoms in total. The second kappa shape index (κ2) is 4.20. The predicted octanol–water partition coefficient (Wildman–Crippen LogP) is -0.0275. The molecule has 1 saturated heterocycles. The van der Waals surface area contributed by atoms with Gasteiger partial charge >= 0.3 is 0 Å². The normalized spacial score (nSPS) is 24.2. The highest BCUT2D eigenvalue weighted by Gasteiger charge is 2.25. The van der Waals surface area contributed by atoms with Crippen molar-refractivity contribution in [3.05, 3.63) is 12.4 Å². The summed E-state index contributed by atoms with van der Waals surface area (Å²) in [6.45, 7) is 4.41. The summed E-state index contributed by atoms with van der Waals surface area (Å²) >= 11 is 0. The van der Waals surface area contributed by atoms with Gasteiger partial charge in [-0.05, 0) is 6.92 Å². The molecule has 2 heterocycles. The fraction of sp³-hybridized carbons (Fsp3) is 0.700. The molecule has 1 aromatic rings. The maximum Gasteiger partial charge on any atom is 0.205 e. The van der Waals surface area contributed by atoms with Crippen LogP contribution in [0.4, 0.5) is 5.95 Å². The zero-order valence-electron chi connectivity index (χ0n) is 9.26. The highest BCUT2D eigenvalue weighted by Crippen LogP contribution is 2.15. The Morgan fingerprint density at radius 1 is 1.67 bits per heavy atom. The lowest BCUT2D eigenvalue weighted by Gasteiger charge is -2.35. The highest BCUT2D eigenvalue weighted by atomic mass is 16.5. The Morgan fingerprint density at radius 3 is 3.07 bits per heavy atom. The van der Waals surface area contributed by atoms with Crippen LogP contribution in [-0.4, -0.2) is 41.4 Å². The Kier molecular flexibility index (Phi) is 2.93. The first-order valence-corrected chi connectivity index (χ1v) is 5.28. The van der Waals surface area contributed by atoms with Crippen LogP contribution in [0.3, 0.4) is 0 Å². The third-order valence-electron chi connectivity index (χ3n) is 2.76. The van der Waals surface area contributed by atoms with Gasteiger partial charge in [0.1, 0.15) is 0 Å². The molecular formula is C10H18N4O. The molecule has 15 heavy (non-hydrogen) atoms. The van der Waals surface area contributed by atoms with E-state index in [1.165, 1.54) is 0 Å². The number of rotatable bonds is 2. The van der Waals surface area contributed by atoms with Gasteiger partial charge in [0.2, 0.25) is 5.95 Å². The molecule has 1 aromatic heterocycles. The molecule has 2 N–H and O–H groups in total. The maximum absolute atomic E-state index is 5.84. The minimum absolute atomic E-state index is 0.0630. The summed E-state index contributed by atoms with van der Waals surface area (Å²) in [7, 11) is 2.00. The number of morpholine rings is 1. The molecule has 0 saturated carbocycles. The van der Waals surface area contributed by atoms with Crippen LogP contribution >= 0.6 is 0 Å². The molecule has 5 heteroatoms. The molecule has 2 atom stereocenters. The second-order valence-corrected chi connectivity index (χ2v) is 4.05. The van der Waals surface area contributed by atoms with Gasteiger partial charge in [-0.25, -0.2) is 4.98 Å². The smallest absolute Gasteiger partial charge is 0.205 e. The number of hydrogen-bond donors (Lipinski definition) is 1. The van der Waals surface area contributed by atoms with Crippen LogP contribution in [0.5, 0.6) is 0 Å². The van der Waals surface area contributed by atoms with E-state index < -0.39 is 0 Å². The summed E-state index contributed by atoms with van der Waals surface area (Å²) < 4.78 is 7.62. The van der Waals surface area contributed by atoms with Gasteiger partial charge in [0.15, 0.2) is 0 Å². The molecule has 2 rings (SSSR count). The Hall–Kier alpha value is -1.07. The molecule has 1 aliphatic rings. The number of nitrogens with zero attached hydrogens (tertiary/aromatic N) is 3. The first-order valence-electron chi connectivity index (χ1n) is 5.28. The van der Waals surface area contributed by atoms with E-state index in [0.29, 0.717) is 0 Å². The minimum Gasteiger partial charge on any atom is -0.373 e. The van der Waals surface area contributed by atoms with Gasteiger partial charge < -0.3 is 19.9 Å². The van der Waals surface area contributed by atoms with Crippen LogP contribution < -0.4 is 10.6 Å². The average Bonchev–Trinajstić information content (AvgIpc) is 2.64. The molecule has 0 bridgehead atoms. The third kappa shape index (κ3) is 2.13. The molecule has 0 radical (unpaired) electrons. The molecule has 1 aliphatic heterocycles. The molecule has 84 valence electrons. The van der Waals surface area contributed by atoms with Crippen LogP contribution in [0.2, 0.25) is 0 Å². The third-order valence-corrected chi connectivity index (χ3v) is 2.76. The SMILES string of the molecule is CC(N)C1CN(c2nccn2C)CCO1. The summed E-state index contributed by atoms with van der Waals surface area (Å²) in [5.74, 6) is 0.990. The van der Waals surface area contributed by atoms with E-state index >= 15 is 0 Å². The summed E-state index contributed by atoms with van der Waals surface area (Å²) in [5.41, 5.74) is 5.84. The van der Waals surface area contributed by atoms with Crippen molar-refractivity contribution in [1.29, 1.82) is 0 Å².